The number of benzene rings is 1. The van der Waals surface area contributed by atoms with Gasteiger partial charge in [0.2, 0.25) is 0 Å². The maximum atomic E-state index is 13.1. The van der Waals surface area contributed by atoms with Crippen molar-refractivity contribution in [1.29, 1.82) is 0 Å². The number of hydrogen-bond donors (Lipinski definition) is 1. The summed E-state index contributed by atoms with van der Waals surface area (Å²) >= 11 is 0. The Morgan fingerprint density at radius 3 is 2.60 bits per heavy atom. The van der Waals surface area contributed by atoms with Crippen molar-refractivity contribution < 1.29 is 13.5 Å². The van der Waals surface area contributed by atoms with Gasteiger partial charge in [-0.15, -0.1) is 0 Å². The molecule has 1 aliphatic carbocycles. The predicted octanol–water partition coefficient (Wildman–Crippen LogP) is 2.04. The Labute approximate surface area is 87.0 Å². The van der Waals surface area contributed by atoms with Crippen molar-refractivity contribution in [3.05, 3.63) is 29.3 Å². The van der Waals surface area contributed by atoms with Crippen molar-refractivity contribution in [2.45, 2.75) is 12.3 Å². The van der Waals surface area contributed by atoms with Crippen LogP contribution >= 0.6 is 0 Å². The van der Waals surface area contributed by atoms with Gasteiger partial charge in [0, 0.05) is 11.6 Å². The predicted molar refractivity (Wildman–Crippen MR) is 52.8 cm³/mol. The highest BCUT2D eigenvalue weighted by Crippen LogP contribution is 2.49. The van der Waals surface area contributed by atoms with E-state index in [1.165, 1.54) is 13.2 Å². The lowest BCUT2D eigenvalue weighted by atomic mass is 10.1. The van der Waals surface area contributed by atoms with Crippen LogP contribution in [0.25, 0.3) is 0 Å². The lowest BCUT2D eigenvalue weighted by molar-refractivity contribution is 0.400. The highest BCUT2D eigenvalue weighted by Gasteiger charge is 2.39. The van der Waals surface area contributed by atoms with Crippen LogP contribution in [-0.2, 0) is 0 Å². The second-order valence-corrected chi connectivity index (χ2v) is 3.85. The number of ether oxygens (including phenoxy) is 1. The van der Waals surface area contributed by atoms with Gasteiger partial charge in [0.05, 0.1) is 7.11 Å². The van der Waals surface area contributed by atoms with E-state index in [1.54, 1.807) is 0 Å². The standard InChI is InChI=1S/C11H13F2NO/c1-15-11-4-10(13)9(12)3-8(11)7-2-6(7)5-14/h3-4,6-7H,2,5,14H2,1H3. The number of halogens is 2. The summed E-state index contributed by atoms with van der Waals surface area (Å²) < 4.78 is 31.0. The molecule has 0 bridgehead atoms. The molecule has 2 N–H and O–H groups in total. The van der Waals surface area contributed by atoms with Crippen LogP contribution in [0.5, 0.6) is 5.75 Å². The van der Waals surface area contributed by atoms with Crippen molar-refractivity contribution in [2.24, 2.45) is 11.7 Å². The molecule has 0 amide bonds. The van der Waals surface area contributed by atoms with Gasteiger partial charge < -0.3 is 10.5 Å². The van der Waals surface area contributed by atoms with Gasteiger partial charge >= 0.3 is 0 Å². The van der Waals surface area contributed by atoms with Crippen LogP contribution in [0.3, 0.4) is 0 Å². The van der Waals surface area contributed by atoms with Gasteiger partial charge in [-0.05, 0) is 30.9 Å². The monoisotopic (exact) mass is 213 g/mol. The molecule has 2 nitrogen and oxygen atoms in total. The maximum Gasteiger partial charge on any atom is 0.162 e. The second kappa shape index (κ2) is 3.77. The molecular weight excluding hydrogens is 200 g/mol. The SMILES string of the molecule is COc1cc(F)c(F)cc1C1CC1CN. The Hall–Kier alpha value is -1.16. The zero-order valence-electron chi connectivity index (χ0n) is 8.47. The Morgan fingerprint density at radius 1 is 1.40 bits per heavy atom. The first-order valence-corrected chi connectivity index (χ1v) is 4.90. The lowest BCUT2D eigenvalue weighted by Gasteiger charge is -2.08. The fourth-order valence-corrected chi connectivity index (χ4v) is 1.90. The van der Waals surface area contributed by atoms with Gasteiger partial charge in [0.1, 0.15) is 5.75 Å². The maximum absolute atomic E-state index is 13.1. The molecule has 0 spiro atoms. The summed E-state index contributed by atoms with van der Waals surface area (Å²) in [5, 5.41) is 0. The first kappa shape index (κ1) is 10.4. The Morgan fingerprint density at radius 2 is 2.07 bits per heavy atom. The fourth-order valence-electron chi connectivity index (χ4n) is 1.90. The highest BCUT2D eigenvalue weighted by molar-refractivity contribution is 5.40. The quantitative estimate of drug-likeness (QED) is 0.833. The third-order valence-corrected chi connectivity index (χ3v) is 2.90. The topological polar surface area (TPSA) is 35.2 Å². The fraction of sp³-hybridized carbons (Fsp3) is 0.455. The Kier molecular flexibility index (Phi) is 2.61. The third kappa shape index (κ3) is 1.81. The number of nitrogens with two attached hydrogens (primary N) is 1. The molecule has 0 aliphatic heterocycles. The molecule has 0 heterocycles. The molecule has 4 heteroatoms. The summed E-state index contributed by atoms with van der Waals surface area (Å²) in [5.41, 5.74) is 6.24. The first-order valence-electron chi connectivity index (χ1n) is 4.90. The third-order valence-electron chi connectivity index (χ3n) is 2.90. The van der Waals surface area contributed by atoms with Crippen LogP contribution in [-0.4, -0.2) is 13.7 Å². The van der Waals surface area contributed by atoms with Gasteiger partial charge in [-0.25, -0.2) is 8.78 Å². The molecule has 1 aromatic carbocycles. The van der Waals surface area contributed by atoms with E-state index in [0.717, 1.165) is 18.1 Å². The average Bonchev–Trinajstić information content (AvgIpc) is 3.00. The van der Waals surface area contributed by atoms with Gasteiger partial charge in [-0.2, -0.15) is 0 Å². The minimum absolute atomic E-state index is 0.222. The Balaban J connectivity index is 2.34. The van der Waals surface area contributed by atoms with E-state index < -0.39 is 11.6 Å². The number of methoxy groups -OCH3 is 1. The van der Waals surface area contributed by atoms with Crippen LogP contribution in [0, 0.1) is 17.6 Å². The van der Waals surface area contributed by atoms with Crippen molar-refractivity contribution in [3.8, 4) is 5.75 Å². The van der Waals surface area contributed by atoms with Crippen molar-refractivity contribution in [2.75, 3.05) is 13.7 Å². The van der Waals surface area contributed by atoms with Gasteiger partial charge in [-0.1, -0.05) is 0 Å². The van der Waals surface area contributed by atoms with E-state index >= 15 is 0 Å². The van der Waals surface area contributed by atoms with Gasteiger partial charge in [0.15, 0.2) is 11.6 Å². The molecule has 0 radical (unpaired) electrons. The smallest absolute Gasteiger partial charge is 0.162 e. The summed E-state index contributed by atoms with van der Waals surface area (Å²) in [4.78, 5) is 0. The van der Waals surface area contributed by atoms with Gasteiger partial charge in [-0.3, -0.25) is 0 Å². The molecule has 1 aromatic rings. The van der Waals surface area contributed by atoms with E-state index in [-0.39, 0.29) is 5.92 Å². The molecule has 2 rings (SSSR count). The molecule has 0 saturated heterocycles. The van der Waals surface area contributed by atoms with Crippen molar-refractivity contribution >= 4 is 0 Å². The first-order chi connectivity index (χ1) is 7.17. The van der Waals surface area contributed by atoms with Crippen LogP contribution in [0.2, 0.25) is 0 Å². The van der Waals surface area contributed by atoms with Gasteiger partial charge in [0.25, 0.3) is 0 Å². The van der Waals surface area contributed by atoms with E-state index in [9.17, 15) is 8.78 Å². The molecule has 0 aromatic heterocycles. The van der Waals surface area contributed by atoms with Crippen LogP contribution < -0.4 is 10.5 Å². The molecule has 1 saturated carbocycles. The van der Waals surface area contributed by atoms with E-state index in [0.29, 0.717) is 18.2 Å². The average molecular weight is 213 g/mol. The molecule has 82 valence electrons. The summed E-state index contributed by atoms with van der Waals surface area (Å²) in [6, 6.07) is 2.31. The van der Waals surface area contributed by atoms with E-state index in [4.69, 9.17) is 10.5 Å². The normalized spacial score (nSPS) is 24.0. The van der Waals surface area contributed by atoms with Crippen molar-refractivity contribution in [3.63, 3.8) is 0 Å². The van der Waals surface area contributed by atoms with Crippen molar-refractivity contribution in [1.82, 2.24) is 0 Å². The second-order valence-electron chi connectivity index (χ2n) is 3.85. The minimum atomic E-state index is -0.874. The zero-order valence-corrected chi connectivity index (χ0v) is 8.47. The molecule has 1 fully saturated rings. The molecule has 1 aliphatic rings. The molecular formula is C11H13F2NO. The zero-order chi connectivity index (χ0) is 11.0. The van der Waals surface area contributed by atoms with Crippen LogP contribution in [0.4, 0.5) is 8.78 Å². The molecule has 2 atom stereocenters. The number of rotatable bonds is 3. The van der Waals surface area contributed by atoms with Crippen LogP contribution in [0.1, 0.15) is 17.9 Å². The largest absolute Gasteiger partial charge is 0.496 e. The molecule has 2 unspecified atom stereocenters. The van der Waals surface area contributed by atoms with E-state index in [1.807, 2.05) is 0 Å². The summed E-state index contributed by atoms with van der Waals surface area (Å²) in [6.45, 7) is 0.576. The minimum Gasteiger partial charge on any atom is -0.496 e. The Bertz CT molecular complexity index is 381. The summed E-state index contributed by atoms with van der Waals surface area (Å²) in [6.07, 6.45) is 0.929. The van der Waals surface area contributed by atoms with Crippen LogP contribution in [0.15, 0.2) is 12.1 Å². The summed E-state index contributed by atoms with van der Waals surface area (Å²) in [5.74, 6) is -0.687. The van der Waals surface area contributed by atoms with E-state index in [2.05, 4.69) is 0 Å². The molecule has 15 heavy (non-hydrogen) atoms. The number of hydrogen-bond acceptors (Lipinski definition) is 2. The highest BCUT2D eigenvalue weighted by atomic mass is 19.2. The summed E-state index contributed by atoms with van der Waals surface area (Å²) in [7, 11) is 1.45. The lowest BCUT2D eigenvalue weighted by Crippen LogP contribution is -2.03.